The Hall–Kier alpha value is -1.77. The van der Waals surface area contributed by atoms with E-state index in [1.54, 1.807) is 36.4 Å². The number of carbonyl (C=O) groups excluding carboxylic acids is 1. The van der Waals surface area contributed by atoms with Gasteiger partial charge in [-0.25, -0.2) is 0 Å². The molecule has 0 saturated heterocycles. The zero-order valence-corrected chi connectivity index (χ0v) is 10.4. The summed E-state index contributed by atoms with van der Waals surface area (Å²) in [5, 5.41) is 12.2. The summed E-state index contributed by atoms with van der Waals surface area (Å²) < 4.78 is 0. The number of aromatic hydroxyl groups is 1. The third-order valence-electron chi connectivity index (χ3n) is 3.27. The number of phenolic OH excluding ortho intramolecular Hbond substituents is 1. The van der Waals surface area contributed by atoms with Crippen molar-refractivity contribution in [1.29, 1.82) is 0 Å². The van der Waals surface area contributed by atoms with Crippen molar-refractivity contribution < 1.29 is 9.90 Å². The molecule has 1 amide bonds. The van der Waals surface area contributed by atoms with Crippen LogP contribution in [0.1, 0.15) is 37.7 Å². The van der Waals surface area contributed by atoms with Crippen LogP contribution in [0.25, 0.3) is 6.08 Å². The van der Waals surface area contributed by atoms with Gasteiger partial charge in [0.2, 0.25) is 5.91 Å². The highest BCUT2D eigenvalue weighted by molar-refractivity contribution is 5.91. The maximum atomic E-state index is 11.7. The minimum atomic E-state index is -0.0324. The van der Waals surface area contributed by atoms with Crippen molar-refractivity contribution in [2.75, 3.05) is 0 Å². The largest absolute Gasteiger partial charge is 0.508 e. The summed E-state index contributed by atoms with van der Waals surface area (Å²) in [5.41, 5.74) is 0.909. The van der Waals surface area contributed by atoms with Crippen LogP contribution in [0.3, 0.4) is 0 Å². The SMILES string of the molecule is O=C(C=Cc1ccc(O)cc1)NC1CCCCC1. The predicted octanol–water partition coefficient (Wildman–Crippen LogP) is 2.85. The molecule has 96 valence electrons. The fourth-order valence-corrected chi connectivity index (χ4v) is 2.25. The maximum Gasteiger partial charge on any atom is 0.244 e. The minimum absolute atomic E-state index is 0.0324. The second-order valence-electron chi connectivity index (χ2n) is 4.77. The molecule has 0 bridgehead atoms. The highest BCUT2D eigenvalue weighted by atomic mass is 16.3. The first-order valence-electron chi connectivity index (χ1n) is 6.51. The Kier molecular flexibility index (Phi) is 4.40. The molecule has 1 fully saturated rings. The van der Waals surface area contributed by atoms with Crippen molar-refractivity contribution in [3.63, 3.8) is 0 Å². The highest BCUT2D eigenvalue weighted by Gasteiger charge is 2.13. The summed E-state index contributed by atoms with van der Waals surface area (Å²) in [6.45, 7) is 0. The lowest BCUT2D eigenvalue weighted by molar-refractivity contribution is -0.117. The van der Waals surface area contributed by atoms with Crippen molar-refractivity contribution in [3.8, 4) is 5.75 Å². The molecule has 2 rings (SSSR count). The van der Waals surface area contributed by atoms with Crippen LogP contribution in [0.2, 0.25) is 0 Å². The van der Waals surface area contributed by atoms with Gasteiger partial charge in [-0.1, -0.05) is 31.4 Å². The van der Waals surface area contributed by atoms with E-state index in [2.05, 4.69) is 5.32 Å². The number of benzene rings is 1. The molecule has 0 radical (unpaired) electrons. The second kappa shape index (κ2) is 6.24. The summed E-state index contributed by atoms with van der Waals surface area (Å²) in [5.74, 6) is 0.203. The maximum absolute atomic E-state index is 11.7. The van der Waals surface area contributed by atoms with Gasteiger partial charge >= 0.3 is 0 Å². The molecule has 0 spiro atoms. The molecule has 2 N–H and O–H groups in total. The summed E-state index contributed by atoms with van der Waals surface area (Å²) in [4.78, 5) is 11.7. The van der Waals surface area contributed by atoms with Crippen LogP contribution in [0.5, 0.6) is 5.75 Å². The summed E-state index contributed by atoms with van der Waals surface area (Å²) in [6.07, 6.45) is 9.23. The minimum Gasteiger partial charge on any atom is -0.508 e. The molecular weight excluding hydrogens is 226 g/mol. The van der Waals surface area contributed by atoms with Crippen molar-refractivity contribution in [2.45, 2.75) is 38.1 Å². The molecule has 1 saturated carbocycles. The average Bonchev–Trinajstić information content (AvgIpc) is 2.39. The van der Waals surface area contributed by atoms with Crippen LogP contribution >= 0.6 is 0 Å². The normalized spacial score (nSPS) is 16.9. The van der Waals surface area contributed by atoms with E-state index in [9.17, 15) is 4.79 Å². The number of hydrogen-bond donors (Lipinski definition) is 2. The molecule has 0 heterocycles. The van der Waals surface area contributed by atoms with Crippen LogP contribution in [-0.2, 0) is 4.79 Å². The van der Waals surface area contributed by atoms with Crippen molar-refractivity contribution in [2.24, 2.45) is 0 Å². The number of phenols is 1. The number of rotatable bonds is 3. The molecule has 1 aromatic carbocycles. The molecule has 18 heavy (non-hydrogen) atoms. The van der Waals surface area contributed by atoms with Gasteiger partial charge in [0.05, 0.1) is 0 Å². The lowest BCUT2D eigenvalue weighted by Gasteiger charge is -2.21. The molecule has 0 aromatic heterocycles. The van der Waals surface area contributed by atoms with Crippen molar-refractivity contribution in [1.82, 2.24) is 5.32 Å². The number of hydrogen-bond acceptors (Lipinski definition) is 2. The third kappa shape index (κ3) is 3.91. The fraction of sp³-hybridized carbons (Fsp3) is 0.400. The van der Waals surface area contributed by atoms with Gasteiger partial charge in [-0.05, 0) is 36.6 Å². The highest BCUT2D eigenvalue weighted by Crippen LogP contribution is 2.17. The Morgan fingerprint density at radius 2 is 1.83 bits per heavy atom. The van der Waals surface area contributed by atoms with E-state index < -0.39 is 0 Å². The van der Waals surface area contributed by atoms with Crippen LogP contribution in [0, 0.1) is 0 Å². The molecule has 3 nitrogen and oxygen atoms in total. The molecule has 3 heteroatoms. The monoisotopic (exact) mass is 245 g/mol. The number of amides is 1. The standard InChI is InChI=1S/C15H19NO2/c17-14-9-6-12(7-10-14)8-11-15(18)16-13-4-2-1-3-5-13/h6-11,13,17H,1-5H2,(H,16,18). The van der Waals surface area contributed by atoms with Crippen LogP contribution in [0.4, 0.5) is 0 Å². The predicted molar refractivity (Wildman–Crippen MR) is 72.2 cm³/mol. The third-order valence-corrected chi connectivity index (χ3v) is 3.27. The first-order chi connectivity index (χ1) is 8.74. The van der Waals surface area contributed by atoms with Gasteiger partial charge in [-0.2, -0.15) is 0 Å². The van der Waals surface area contributed by atoms with Crippen molar-refractivity contribution in [3.05, 3.63) is 35.9 Å². The van der Waals surface area contributed by atoms with Gasteiger partial charge in [0.1, 0.15) is 5.75 Å². The van der Waals surface area contributed by atoms with E-state index >= 15 is 0 Å². The van der Waals surface area contributed by atoms with Crippen LogP contribution < -0.4 is 5.32 Å². The molecule has 0 atom stereocenters. The van der Waals surface area contributed by atoms with Crippen LogP contribution in [-0.4, -0.2) is 17.1 Å². The van der Waals surface area contributed by atoms with E-state index in [0.29, 0.717) is 6.04 Å². The Labute approximate surface area is 108 Å². The summed E-state index contributed by atoms with van der Waals surface area (Å²) >= 11 is 0. The lowest BCUT2D eigenvalue weighted by atomic mass is 9.95. The Bertz CT molecular complexity index is 417. The van der Waals surface area contributed by atoms with Gasteiger partial charge in [-0.15, -0.1) is 0 Å². The Balaban J connectivity index is 1.84. The number of carbonyl (C=O) groups is 1. The van der Waals surface area contributed by atoms with Gasteiger partial charge in [0.25, 0.3) is 0 Å². The first kappa shape index (κ1) is 12.7. The van der Waals surface area contributed by atoms with Gasteiger partial charge in [0.15, 0.2) is 0 Å². The van der Waals surface area contributed by atoms with E-state index in [-0.39, 0.29) is 11.7 Å². The van der Waals surface area contributed by atoms with Crippen molar-refractivity contribution >= 4 is 12.0 Å². The quantitative estimate of drug-likeness (QED) is 0.804. The number of nitrogens with one attached hydrogen (secondary N) is 1. The molecule has 1 aromatic rings. The smallest absolute Gasteiger partial charge is 0.244 e. The van der Waals surface area contributed by atoms with Gasteiger partial charge in [0, 0.05) is 12.1 Å². The van der Waals surface area contributed by atoms with E-state index in [0.717, 1.165) is 18.4 Å². The molecule has 0 aliphatic heterocycles. The Morgan fingerprint density at radius 1 is 1.17 bits per heavy atom. The van der Waals surface area contributed by atoms with Gasteiger partial charge in [-0.3, -0.25) is 4.79 Å². The van der Waals surface area contributed by atoms with E-state index in [1.807, 2.05) is 0 Å². The van der Waals surface area contributed by atoms with Gasteiger partial charge < -0.3 is 10.4 Å². The Morgan fingerprint density at radius 3 is 2.50 bits per heavy atom. The molecule has 1 aliphatic carbocycles. The zero-order chi connectivity index (χ0) is 12.8. The van der Waals surface area contributed by atoms with Crippen LogP contribution in [0.15, 0.2) is 30.3 Å². The zero-order valence-electron chi connectivity index (χ0n) is 10.4. The van der Waals surface area contributed by atoms with E-state index in [4.69, 9.17) is 5.11 Å². The molecule has 0 unspecified atom stereocenters. The summed E-state index contributed by atoms with van der Waals surface area (Å²) in [7, 11) is 0. The first-order valence-corrected chi connectivity index (χ1v) is 6.51. The molecular formula is C15H19NO2. The topological polar surface area (TPSA) is 49.3 Å². The fourth-order valence-electron chi connectivity index (χ4n) is 2.25. The molecule has 1 aliphatic rings. The second-order valence-corrected chi connectivity index (χ2v) is 4.77. The average molecular weight is 245 g/mol. The summed E-state index contributed by atoms with van der Waals surface area (Å²) in [6, 6.07) is 7.12. The van der Waals surface area contributed by atoms with E-state index in [1.165, 1.54) is 19.3 Å². The lowest BCUT2D eigenvalue weighted by Crippen LogP contribution is -2.34.